The van der Waals surface area contributed by atoms with E-state index in [1.165, 1.54) is 5.56 Å². The highest BCUT2D eigenvalue weighted by atomic mass is 15.1. The highest BCUT2D eigenvalue weighted by Crippen LogP contribution is 2.21. The standard InChI is InChI=1S/C16H14N4/c17-11-13-7-4-8-14-15(13)19-16(18)20(14)10-9-12-5-2-1-3-6-12/h1-8H,9-10H2,(H2,18,19). The van der Waals surface area contributed by atoms with Crippen LogP contribution in [0.15, 0.2) is 48.5 Å². The van der Waals surface area contributed by atoms with E-state index in [2.05, 4.69) is 23.2 Å². The SMILES string of the molecule is N#Cc1cccc2c1nc(N)n2CCc1ccccc1. The number of nitrogens with two attached hydrogens (primary N) is 1. The first-order valence-corrected chi connectivity index (χ1v) is 6.48. The molecule has 0 saturated heterocycles. The van der Waals surface area contributed by atoms with E-state index in [4.69, 9.17) is 11.0 Å². The molecule has 0 unspecified atom stereocenters. The number of nitriles is 1. The fourth-order valence-corrected chi connectivity index (χ4v) is 2.38. The lowest BCUT2D eigenvalue weighted by Crippen LogP contribution is -2.05. The molecule has 0 radical (unpaired) electrons. The zero-order valence-electron chi connectivity index (χ0n) is 11.0. The Morgan fingerprint density at radius 1 is 1.10 bits per heavy atom. The van der Waals surface area contributed by atoms with Crippen molar-refractivity contribution < 1.29 is 0 Å². The quantitative estimate of drug-likeness (QED) is 0.789. The molecule has 2 aromatic carbocycles. The number of imidazole rings is 1. The van der Waals surface area contributed by atoms with Gasteiger partial charge in [0.2, 0.25) is 5.95 Å². The van der Waals surface area contributed by atoms with Crippen LogP contribution in [0.2, 0.25) is 0 Å². The minimum atomic E-state index is 0.457. The van der Waals surface area contributed by atoms with Crippen molar-refractivity contribution in [1.29, 1.82) is 5.26 Å². The molecule has 3 aromatic rings. The lowest BCUT2D eigenvalue weighted by atomic mass is 10.1. The first-order valence-electron chi connectivity index (χ1n) is 6.48. The molecule has 0 spiro atoms. The largest absolute Gasteiger partial charge is 0.369 e. The van der Waals surface area contributed by atoms with Crippen LogP contribution in [0.1, 0.15) is 11.1 Å². The third-order valence-corrected chi connectivity index (χ3v) is 3.40. The number of anilines is 1. The van der Waals surface area contributed by atoms with Crippen molar-refractivity contribution in [2.24, 2.45) is 0 Å². The van der Waals surface area contributed by atoms with E-state index in [9.17, 15) is 0 Å². The van der Waals surface area contributed by atoms with Gasteiger partial charge in [-0.2, -0.15) is 5.26 Å². The minimum absolute atomic E-state index is 0.457. The van der Waals surface area contributed by atoms with Crippen LogP contribution in [0.25, 0.3) is 11.0 Å². The van der Waals surface area contributed by atoms with E-state index in [0.29, 0.717) is 17.0 Å². The number of aromatic nitrogens is 2. The first-order chi connectivity index (χ1) is 9.79. The van der Waals surface area contributed by atoms with Gasteiger partial charge < -0.3 is 10.3 Å². The highest BCUT2D eigenvalue weighted by molar-refractivity contribution is 5.83. The molecule has 2 N–H and O–H groups in total. The molecule has 0 aliphatic heterocycles. The fourth-order valence-electron chi connectivity index (χ4n) is 2.38. The Balaban J connectivity index is 1.96. The maximum Gasteiger partial charge on any atom is 0.201 e. The van der Waals surface area contributed by atoms with Crippen molar-refractivity contribution in [3.63, 3.8) is 0 Å². The molecule has 0 atom stereocenters. The van der Waals surface area contributed by atoms with Gasteiger partial charge in [0.1, 0.15) is 11.6 Å². The Kier molecular flexibility index (Phi) is 3.10. The van der Waals surface area contributed by atoms with Gasteiger partial charge in [-0.15, -0.1) is 0 Å². The second-order valence-electron chi connectivity index (χ2n) is 4.64. The fraction of sp³-hybridized carbons (Fsp3) is 0.125. The lowest BCUT2D eigenvalue weighted by Gasteiger charge is -2.06. The summed E-state index contributed by atoms with van der Waals surface area (Å²) in [5.41, 5.74) is 9.40. The Morgan fingerprint density at radius 2 is 1.90 bits per heavy atom. The van der Waals surface area contributed by atoms with Crippen LogP contribution < -0.4 is 5.73 Å². The van der Waals surface area contributed by atoms with Gasteiger partial charge in [0.15, 0.2) is 0 Å². The Labute approximate surface area is 117 Å². The Morgan fingerprint density at radius 3 is 2.65 bits per heavy atom. The van der Waals surface area contributed by atoms with Crippen LogP contribution in [-0.4, -0.2) is 9.55 Å². The predicted molar refractivity (Wildman–Crippen MR) is 79.0 cm³/mol. The van der Waals surface area contributed by atoms with Crippen molar-refractivity contribution in [2.45, 2.75) is 13.0 Å². The Hall–Kier alpha value is -2.80. The topological polar surface area (TPSA) is 67.6 Å². The average Bonchev–Trinajstić information content (AvgIpc) is 2.81. The average molecular weight is 262 g/mol. The van der Waals surface area contributed by atoms with Crippen LogP contribution in [-0.2, 0) is 13.0 Å². The number of hydrogen-bond donors (Lipinski definition) is 1. The molecule has 0 aliphatic rings. The zero-order valence-corrected chi connectivity index (χ0v) is 11.0. The first kappa shape index (κ1) is 12.2. The summed E-state index contributed by atoms with van der Waals surface area (Å²) in [6, 6.07) is 18.0. The second kappa shape index (κ2) is 5.06. The molecule has 4 heteroatoms. The van der Waals surface area contributed by atoms with E-state index in [0.717, 1.165) is 18.5 Å². The monoisotopic (exact) mass is 262 g/mol. The van der Waals surface area contributed by atoms with Gasteiger partial charge in [0.25, 0.3) is 0 Å². The molecular formula is C16H14N4. The summed E-state index contributed by atoms with van der Waals surface area (Å²) in [7, 11) is 0. The molecule has 0 aliphatic carbocycles. The maximum atomic E-state index is 9.10. The third-order valence-electron chi connectivity index (χ3n) is 3.40. The maximum absolute atomic E-state index is 9.10. The van der Waals surface area contributed by atoms with Crippen LogP contribution in [0.3, 0.4) is 0 Å². The number of nitrogens with zero attached hydrogens (tertiary/aromatic N) is 3. The van der Waals surface area contributed by atoms with Gasteiger partial charge in [-0.1, -0.05) is 36.4 Å². The van der Waals surface area contributed by atoms with Crippen molar-refractivity contribution in [3.8, 4) is 6.07 Å². The number of para-hydroxylation sites is 1. The minimum Gasteiger partial charge on any atom is -0.369 e. The van der Waals surface area contributed by atoms with Crippen molar-refractivity contribution in [1.82, 2.24) is 9.55 Å². The molecule has 1 heterocycles. The summed E-state index contributed by atoms with van der Waals surface area (Å²) in [5.74, 6) is 0.457. The number of rotatable bonds is 3. The van der Waals surface area contributed by atoms with Crippen LogP contribution in [0.4, 0.5) is 5.95 Å². The predicted octanol–water partition coefficient (Wildman–Crippen LogP) is 2.73. The molecule has 4 nitrogen and oxygen atoms in total. The normalized spacial score (nSPS) is 10.6. The highest BCUT2D eigenvalue weighted by Gasteiger charge is 2.11. The van der Waals surface area contributed by atoms with Gasteiger partial charge in [-0.3, -0.25) is 0 Å². The van der Waals surface area contributed by atoms with Gasteiger partial charge in [0, 0.05) is 6.54 Å². The summed E-state index contributed by atoms with van der Waals surface area (Å²) < 4.78 is 1.96. The number of benzene rings is 2. The Bertz CT molecular complexity index is 781. The smallest absolute Gasteiger partial charge is 0.201 e. The van der Waals surface area contributed by atoms with E-state index >= 15 is 0 Å². The molecule has 0 fully saturated rings. The molecule has 98 valence electrons. The third kappa shape index (κ3) is 2.10. The van der Waals surface area contributed by atoms with Crippen molar-refractivity contribution in [2.75, 3.05) is 5.73 Å². The van der Waals surface area contributed by atoms with Crippen LogP contribution in [0.5, 0.6) is 0 Å². The molecule has 1 aromatic heterocycles. The lowest BCUT2D eigenvalue weighted by molar-refractivity contribution is 0.726. The summed E-state index contributed by atoms with van der Waals surface area (Å²) in [5, 5.41) is 9.10. The summed E-state index contributed by atoms with van der Waals surface area (Å²) >= 11 is 0. The number of hydrogen-bond acceptors (Lipinski definition) is 3. The van der Waals surface area contributed by atoms with E-state index in [1.807, 2.05) is 34.9 Å². The van der Waals surface area contributed by atoms with Gasteiger partial charge in [-0.05, 0) is 24.1 Å². The van der Waals surface area contributed by atoms with E-state index in [-0.39, 0.29) is 0 Å². The number of nitrogen functional groups attached to an aromatic ring is 1. The summed E-state index contributed by atoms with van der Waals surface area (Å²) in [6.45, 7) is 0.751. The van der Waals surface area contributed by atoms with E-state index < -0.39 is 0 Å². The summed E-state index contributed by atoms with van der Waals surface area (Å²) in [4.78, 5) is 4.31. The second-order valence-corrected chi connectivity index (χ2v) is 4.64. The molecule has 0 amide bonds. The van der Waals surface area contributed by atoms with Crippen molar-refractivity contribution in [3.05, 3.63) is 59.7 Å². The van der Waals surface area contributed by atoms with Gasteiger partial charge >= 0.3 is 0 Å². The van der Waals surface area contributed by atoms with Gasteiger partial charge in [0.05, 0.1) is 11.1 Å². The molecule has 0 bridgehead atoms. The molecule has 3 rings (SSSR count). The van der Waals surface area contributed by atoms with E-state index in [1.54, 1.807) is 6.07 Å². The van der Waals surface area contributed by atoms with Crippen molar-refractivity contribution >= 4 is 17.0 Å². The van der Waals surface area contributed by atoms with Crippen LogP contribution >= 0.6 is 0 Å². The molecule has 0 saturated carbocycles. The number of fused-ring (bicyclic) bond motifs is 1. The van der Waals surface area contributed by atoms with Crippen LogP contribution in [0, 0.1) is 11.3 Å². The molecule has 20 heavy (non-hydrogen) atoms. The summed E-state index contributed by atoms with van der Waals surface area (Å²) in [6.07, 6.45) is 0.882. The van der Waals surface area contributed by atoms with Gasteiger partial charge in [-0.25, -0.2) is 4.98 Å². The number of aryl methyl sites for hydroxylation is 2. The zero-order chi connectivity index (χ0) is 13.9. The molecular weight excluding hydrogens is 248 g/mol.